The molecule has 0 bridgehead atoms. The zero-order chi connectivity index (χ0) is 13.1. The fourth-order valence-corrected chi connectivity index (χ4v) is 2.61. The second kappa shape index (κ2) is 6.02. The van der Waals surface area contributed by atoms with Gasteiger partial charge in [0.25, 0.3) is 0 Å². The lowest BCUT2D eigenvalue weighted by molar-refractivity contribution is -0.192. The van der Waals surface area contributed by atoms with Gasteiger partial charge in [0.1, 0.15) is 6.04 Å². The van der Waals surface area contributed by atoms with E-state index in [0.717, 1.165) is 12.8 Å². The van der Waals surface area contributed by atoms with E-state index in [1.54, 1.807) is 0 Å². The molecule has 1 heterocycles. The van der Waals surface area contributed by atoms with E-state index in [4.69, 9.17) is 10.8 Å². The zero-order valence-electron chi connectivity index (χ0n) is 10.1. The number of halogens is 3. The standard InChI is InChI=1S/C11H21F3N2O/c1-8(15)10(11(12,13)14)16-5-2-3-9(7-16)4-6-17/h8-10,17H,2-7,15H2,1H3. The normalized spacial score (nSPS) is 26.8. The molecule has 0 amide bonds. The number of aliphatic hydroxyl groups excluding tert-OH is 1. The number of aliphatic hydroxyl groups is 1. The molecule has 0 saturated carbocycles. The first-order valence-corrected chi connectivity index (χ1v) is 6.03. The Morgan fingerprint density at radius 1 is 1.47 bits per heavy atom. The van der Waals surface area contributed by atoms with Crippen LogP contribution in [0.5, 0.6) is 0 Å². The summed E-state index contributed by atoms with van der Waals surface area (Å²) in [7, 11) is 0. The Labute approximate surface area is 99.8 Å². The Hall–Kier alpha value is -0.330. The van der Waals surface area contributed by atoms with Crippen LogP contribution in [0.25, 0.3) is 0 Å². The molecule has 0 radical (unpaired) electrons. The summed E-state index contributed by atoms with van der Waals surface area (Å²) in [6.07, 6.45) is -2.08. The molecule has 6 heteroatoms. The molecule has 0 aliphatic carbocycles. The predicted octanol–water partition coefficient (Wildman–Crippen LogP) is 1.36. The summed E-state index contributed by atoms with van der Waals surface area (Å²) in [5.74, 6) is 0.150. The van der Waals surface area contributed by atoms with Crippen LogP contribution < -0.4 is 5.73 Å². The number of nitrogens with zero attached hydrogens (tertiary/aromatic N) is 1. The minimum absolute atomic E-state index is 0.0351. The van der Waals surface area contributed by atoms with Crippen molar-refractivity contribution in [3.8, 4) is 0 Å². The summed E-state index contributed by atoms with van der Waals surface area (Å²) >= 11 is 0. The Morgan fingerprint density at radius 2 is 2.12 bits per heavy atom. The molecule has 1 aliphatic heterocycles. The van der Waals surface area contributed by atoms with E-state index < -0.39 is 18.3 Å². The van der Waals surface area contributed by atoms with Gasteiger partial charge in [-0.05, 0) is 38.6 Å². The second-order valence-electron chi connectivity index (χ2n) is 4.86. The van der Waals surface area contributed by atoms with Crippen molar-refractivity contribution in [1.82, 2.24) is 4.90 Å². The van der Waals surface area contributed by atoms with Crippen LogP contribution in [0, 0.1) is 5.92 Å². The first kappa shape index (κ1) is 14.7. The number of piperidine rings is 1. The van der Waals surface area contributed by atoms with Gasteiger partial charge in [-0.2, -0.15) is 13.2 Å². The average Bonchev–Trinajstić information content (AvgIpc) is 2.15. The van der Waals surface area contributed by atoms with Gasteiger partial charge in [0.15, 0.2) is 0 Å². The molecular formula is C11H21F3N2O. The minimum atomic E-state index is -4.28. The summed E-state index contributed by atoms with van der Waals surface area (Å²) in [5.41, 5.74) is 5.46. The zero-order valence-corrected chi connectivity index (χ0v) is 10.1. The Kier molecular flexibility index (Phi) is 5.22. The van der Waals surface area contributed by atoms with Crippen LogP contribution in [0.2, 0.25) is 0 Å². The summed E-state index contributed by atoms with van der Waals surface area (Å²) in [5, 5.41) is 8.85. The summed E-state index contributed by atoms with van der Waals surface area (Å²) in [6.45, 7) is 2.25. The van der Waals surface area contributed by atoms with Crippen LogP contribution in [0.3, 0.4) is 0 Å². The minimum Gasteiger partial charge on any atom is -0.396 e. The highest BCUT2D eigenvalue weighted by Crippen LogP contribution is 2.30. The fraction of sp³-hybridized carbons (Fsp3) is 1.00. The van der Waals surface area contributed by atoms with Crippen molar-refractivity contribution in [2.45, 2.75) is 44.4 Å². The van der Waals surface area contributed by atoms with Gasteiger partial charge in [0, 0.05) is 19.2 Å². The van der Waals surface area contributed by atoms with Crippen molar-refractivity contribution in [2.24, 2.45) is 11.7 Å². The highest BCUT2D eigenvalue weighted by atomic mass is 19.4. The molecule has 1 aliphatic rings. The second-order valence-corrected chi connectivity index (χ2v) is 4.86. The van der Waals surface area contributed by atoms with Crippen LogP contribution in [0.4, 0.5) is 13.2 Å². The third-order valence-electron chi connectivity index (χ3n) is 3.31. The number of hydrogen-bond acceptors (Lipinski definition) is 3. The molecule has 0 aromatic heterocycles. The lowest BCUT2D eigenvalue weighted by atomic mass is 9.93. The third kappa shape index (κ3) is 4.12. The van der Waals surface area contributed by atoms with E-state index in [-0.39, 0.29) is 12.5 Å². The third-order valence-corrected chi connectivity index (χ3v) is 3.31. The fourth-order valence-electron chi connectivity index (χ4n) is 2.61. The van der Waals surface area contributed by atoms with Crippen molar-refractivity contribution in [2.75, 3.05) is 19.7 Å². The number of hydrogen-bond donors (Lipinski definition) is 2. The number of nitrogens with two attached hydrogens (primary N) is 1. The number of rotatable bonds is 4. The molecule has 3 nitrogen and oxygen atoms in total. The van der Waals surface area contributed by atoms with E-state index in [1.165, 1.54) is 11.8 Å². The molecule has 17 heavy (non-hydrogen) atoms. The largest absolute Gasteiger partial charge is 0.405 e. The Bertz CT molecular complexity index is 231. The van der Waals surface area contributed by atoms with E-state index >= 15 is 0 Å². The topological polar surface area (TPSA) is 49.5 Å². The molecule has 3 N–H and O–H groups in total. The van der Waals surface area contributed by atoms with Crippen molar-refractivity contribution in [3.05, 3.63) is 0 Å². The van der Waals surface area contributed by atoms with Crippen LogP contribution in [0.1, 0.15) is 26.2 Å². The van der Waals surface area contributed by atoms with Crippen molar-refractivity contribution >= 4 is 0 Å². The number of likely N-dealkylation sites (tertiary alicyclic amines) is 1. The maximum atomic E-state index is 12.9. The van der Waals surface area contributed by atoms with E-state index in [2.05, 4.69) is 0 Å². The molecule has 0 aromatic carbocycles. The van der Waals surface area contributed by atoms with Crippen LogP contribution in [-0.2, 0) is 0 Å². The molecule has 0 aromatic rings. The first-order chi connectivity index (χ1) is 7.86. The van der Waals surface area contributed by atoms with Gasteiger partial charge in [0.2, 0.25) is 0 Å². The SMILES string of the molecule is CC(N)C(N1CCCC(CCO)C1)C(F)(F)F. The quantitative estimate of drug-likeness (QED) is 0.796. The highest BCUT2D eigenvalue weighted by molar-refractivity contribution is 4.88. The molecule has 3 unspecified atom stereocenters. The maximum absolute atomic E-state index is 12.9. The predicted molar refractivity (Wildman–Crippen MR) is 59.5 cm³/mol. The van der Waals surface area contributed by atoms with E-state index in [9.17, 15) is 13.2 Å². The molecule has 1 saturated heterocycles. The van der Waals surface area contributed by atoms with Gasteiger partial charge in [-0.3, -0.25) is 4.90 Å². The van der Waals surface area contributed by atoms with Crippen molar-refractivity contribution in [3.63, 3.8) is 0 Å². The Morgan fingerprint density at radius 3 is 2.59 bits per heavy atom. The Balaban J connectivity index is 2.68. The lowest BCUT2D eigenvalue weighted by Gasteiger charge is -2.40. The van der Waals surface area contributed by atoms with Crippen molar-refractivity contribution in [1.29, 1.82) is 0 Å². The molecule has 102 valence electrons. The summed E-state index contributed by atoms with van der Waals surface area (Å²) in [4.78, 5) is 1.43. The molecule has 3 atom stereocenters. The van der Waals surface area contributed by atoms with Crippen LogP contribution >= 0.6 is 0 Å². The van der Waals surface area contributed by atoms with Gasteiger partial charge < -0.3 is 10.8 Å². The molecule has 1 fully saturated rings. The summed E-state index contributed by atoms with van der Waals surface area (Å²) < 4.78 is 38.7. The van der Waals surface area contributed by atoms with Gasteiger partial charge in [-0.25, -0.2) is 0 Å². The average molecular weight is 254 g/mol. The molecular weight excluding hydrogens is 233 g/mol. The van der Waals surface area contributed by atoms with Gasteiger partial charge in [-0.15, -0.1) is 0 Å². The highest BCUT2D eigenvalue weighted by Gasteiger charge is 2.46. The van der Waals surface area contributed by atoms with E-state index in [1.807, 2.05) is 0 Å². The maximum Gasteiger partial charge on any atom is 0.405 e. The number of alkyl halides is 3. The lowest BCUT2D eigenvalue weighted by Crippen LogP contribution is -2.57. The smallest absolute Gasteiger partial charge is 0.396 e. The van der Waals surface area contributed by atoms with Gasteiger partial charge in [-0.1, -0.05) is 0 Å². The van der Waals surface area contributed by atoms with Crippen LogP contribution in [0.15, 0.2) is 0 Å². The van der Waals surface area contributed by atoms with Crippen LogP contribution in [-0.4, -0.2) is 48.0 Å². The molecule has 1 rings (SSSR count). The van der Waals surface area contributed by atoms with Gasteiger partial charge >= 0.3 is 6.18 Å². The first-order valence-electron chi connectivity index (χ1n) is 6.03. The van der Waals surface area contributed by atoms with E-state index in [0.29, 0.717) is 19.5 Å². The van der Waals surface area contributed by atoms with Crippen molar-refractivity contribution < 1.29 is 18.3 Å². The monoisotopic (exact) mass is 254 g/mol. The van der Waals surface area contributed by atoms with Gasteiger partial charge in [0.05, 0.1) is 0 Å². The molecule has 0 spiro atoms. The summed E-state index contributed by atoms with van der Waals surface area (Å²) in [6, 6.07) is -2.49.